The molecule has 0 aromatic heterocycles. The fourth-order valence-corrected chi connectivity index (χ4v) is 2.46. The third-order valence-electron chi connectivity index (χ3n) is 3.81. The summed E-state index contributed by atoms with van der Waals surface area (Å²) in [4.78, 5) is 0. The molecule has 0 fully saturated rings. The summed E-state index contributed by atoms with van der Waals surface area (Å²) in [6.07, 6.45) is -4.33. The Morgan fingerprint density at radius 2 is 1.48 bits per heavy atom. The first kappa shape index (κ1) is 17.3. The molecule has 23 heavy (non-hydrogen) atoms. The van der Waals surface area contributed by atoms with Crippen LogP contribution in [0.1, 0.15) is 42.6 Å². The van der Waals surface area contributed by atoms with Crippen molar-refractivity contribution in [3.63, 3.8) is 0 Å². The third-order valence-corrected chi connectivity index (χ3v) is 3.81. The van der Waals surface area contributed by atoms with Gasteiger partial charge in [0.2, 0.25) is 0 Å². The molecule has 2 aromatic carbocycles. The second-order valence-corrected chi connectivity index (χ2v) is 5.51. The zero-order chi connectivity index (χ0) is 17.0. The number of rotatable bonds is 5. The van der Waals surface area contributed by atoms with Gasteiger partial charge in [0.05, 0.1) is 12.7 Å². The van der Waals surface area contributed by atoms with Crippen LogP contribution in [0.5, 0.6) is 5.75 Å². The number of methoxy groups -OCH3 is 1. The van der Waals surface area contributed by atoms with Gasteiger partial charge >= 0.3 is 6.18 Å². The van der Waals surface area contributed by atoms with Gasteiger partial charge in [-0.2, -0.15) is 13.2 Å². The lowest BCUT2D eigenvalue weighted by atomic mass is 10.0. The van der Waals surface area contributed by atoms with Crippen LogP contribution < -0.4 is 10.1 Å². The largest absolute Gasteiger partial charge is 0.497 e. The highest BCUT2D eigenvalue weighted by molar-refractivity contribution is 5.31. The molecule has 1 N–H and O–H groups in total. The molecule has 0 aliphatic rings. The summed E-state index contributed by atoms with van der Waals surface area (Å²) in [5.41, 5.74) is 0.996. The smallest absolute Gasteiger partial charge is 0.416 e. The fraction of sp³-hybridized carbons (Fsp3) is 0.333. The molecule has 5 heteroatoms. The molecule has 0 saturated heterocycles. The van der Waals surface area contributed by atoms with Crippen LogP contribution >= 0.6 is 0 Å². The molecule has 0 aliphatic heterocycles. The van der Waals surface area contributed by atoms with Gasteiger partial charge in [0.1, 0.15) is 5.75 Å². The molecule has 124 valence electrons. The number of nitrogens with one attached hydrogen (secondary N) is 1. The molecule has 0 saturated carbocycles. The zero-order valence-corrected chi connectivity index (χ0v) is 13.3. The molecular weight excluding hydrogens is 303 g/mol. The van der Waals surface area contributed by atoms with Gasteiger partial charge in [0, 0.05) is 12.1 Å². The van der Waals surface area contributed by atoms with Gasteiger partial charge in [0.15, 0.2) is 0 Å². The summed E-state index contributed by atoms with van der Waals surface area (Å²) in [5.74, 6) is 0.753. The van der Waals surface area contributed by atoms with Crippen LogP contribution in [0.25, 0.3) is 0 Å². The maximum Gasteiger partial charge on any atom is 0.416 e. The molecule has 0 spiro atoms. The number of alkyl halides is 3. The van der Waals surface area contributed by atoms with E-state index >= 15 is 0 Å². The average molecular weight is 323 g/mol. The third kappa shape index (κ3) is 4.48. The van der Waals surface area contributed by atoms with Crippen molar-refractivity contribution in [2.45, 2.75) is 32.1 Å². The Morgan fingerprint density at radius 1 is 0.913 bits per heavy atom. The van der Waals surface area contributed by atoms with Gasteiger partial charge < -0.3 is 10.1 Å². The number of halogens is 3. The van der Waals surface area contributed by atoms with Crippen molar-refractivity contribution >= 4 is 0 Å². The van der Waals surface area contributed by atoms with Crippen molar-refractivity contribution in [2.75, 3.05) is 7.11 Å². The molecule has 2 atom stereocenters. The van der Waals surface area contributed by atoms with Crippen molar-refractivity contribution in [2.24, 2.45) is 0 Å². The standard InChI is InChI=1S/C18H20F3NO/c1-12(14-6-4-8-16(10-14)18(19,20)21)22-13(2)15-7-5-9-17(11-15)23-3/h4-13,22H,1-3H3. The van der Waals surface area contributed by atoms with Gasteiger partial charge in [-0.25, -0.2) is 0 Å². The highest BCUT2D eigenvalue weighted by Gasteiger charge is 2.30. The minimum absolute atomic E-state index is 0.0188. The van der Waals surface area contributed by atoms with Crippen molar-refractivity contribution in [3.8, 4) is 5.75 Å². The summed E-state index contributed by atoms with van der Waals surface area (Å²) < 4.78 is 43.6. The van der Waals surface area contributed by atoms with E-state index in [0.29, 0.717) is 5.56 Å². The summed E-state index contributed by atoms with van der Waals surface area (Å²) in [6, 6.07) is 12.8. The van der Waals surface area contributed by atoms with Crippen LogP contribution in [0, 0.1) is 0 Å². The van der Waals surface area contributed by atoms with E-state index in [1.807, 2.05) is 38.1 Å². The number of hydrogen-bond acceptors (Lipinski definition) is 2. The highest BCUT2D eigenvalue weighted by atomic mass is 19.4. The molecule has 2 unspecified atom stereocenters. The van der Waals surface area contributed by atoms with E-state index in [1.165, 1.54) is 12.1 Å². The Kier molecular flexibility index (Phi) is 5.31. The first-order chi connectivity index (χ1) is 10.8. The Labute approximate surface area is 134 Å². The van der Waals surface area contributed by atoms with Crippen LogP contribution in [0.15, 0.2) is 48.5 Å². The Morgan fingerprint density at radius 3 is 2.04 bits per heavy atom. The minimum atomic E-state index is -4.33. The van der Waals surface area contributed by atoms with E-state index in [9.17, 15) is 13.2 Å². The SMILES string of the molecule is COc1cccc(C(C)NC(C)c2cccc(C(F)(F)F)c2)c1. The molecule has 0 bridgehead atoms. The maximum atomic E-state index is 12.8. The first-order valence-electron chi connectivity index (χ1n) is 7.38. The van der Waals surface area contributed by atoms with E-state index in [2.05, 4.69) is 5.32 Å². The maximum absolute atomic E-state index is 12.8. The lowest BCUT2D eigenvalue weighted by molar-refractivity contribution is -0.137. The number of hydrogen-bond donors (Lipinski definition) is 1. The Bertz CT molecular complexity index is 655. The van der Waals surface area contributed by atoms with Crippen LogP contribution in [-0.4, -0.2) is 7.11 Å². The van der Waals surface area contributed by atoms with Crippen LogP contribution in [0.3, 0.4) is 0 Å². The van der Waals surface area contributed by atoms with Crippen LogP contribution in [0.4, 0.5) is 13.2 Å². The Balaban J connectivity index is 2.13. The predicted molar refractivity (Wildman–Crippen MR) is 84.4 cm³/mol. The molecule has 2 aromatic rings. The van der Waals surface area contributed by atoms with Crippen molar-refractivity contribution in [1.29, 1.82) is 0 Å². The molecule has 0 amide bonds. The van der Waals surface area contributed by atoms with E-state index in [4.69, 9.17) is 4.74 Å². The Hall–Kier alpha value is -2.01. The lowest BCUT2D eigenvalue weighted by Gasteiger charge is -2.22. The molecule has 2 rings (SSSR count). The second-order valence-electron chi connectivity index (χ2n) is 5.51. The number of ether oxygens (including phenoxy) is 1. The molecule has 2 nitrogen and oxygen atoms in total. The molecular formula is C18H20F3NO. The quantitative estimate of drug-likeness (QED) is 0.824. The first-order valence-corrected chi connectivity index (χ1v) is 7.38. The van der Waals surface area contributed by atoms with E-state index in [0.717, 1.165) is 17.4 Å². The summed E-state index contributed by atoms with van der Waals surface area (Å²) >= 11 is 0. The molecule has 0 radical (unpaired) electrons. The van der Waals surface area contributed by atoms with Crippen LogP contribution in [-0.2, 0) is 6.18 Å². The van der Waals surface area contributed by atoms with Crippen molar-refractivity contribution < 1.29 is 17.9 Å². The predicted octanol–water partition coefficient (Wildman–Crippen LogP) is 5.13. The van der Waals surface area contributed by atoms with Gasteiger partial charge in [0.25, 0.3) is 0 Å². The van der Waals surface area contributed by atoms with Gasteiger partial charge in [-0.3, -0.25) is 0 Å². The monoisotopic (exact) mass is 323 g/mol. The van der Waals surface area contributed by atoms with Crippen molar-refractivity contribution in [3.05, 3.63) is 65.2 Å². The van der Waals surface area contributed by atoms with Gasteiger partial charge in [-0.05, 0) is 49.2 Å². The van der Waals surface area contributed by atoms with E-state index in [-0.39, 0.29) is 12.1 Å². The molecule has 0 heterocycles. The fourth-order valence-electron chi connectivity index (χ4n) is 2.46. The summed E-state index contributed by atoms with van der Waals surface area (Å²) in [7, 11) is 1.60. The summed E-state index contributed by atoms with van der Waals surface area (Å²) in [5, 5.41) is 3.32. The average Bonchev–Trinajstić information content (AvgIpc) is 2.54. The summed E-state index contributed by atoms with van der Waals surface area (Å²) in [6.45, 7) is 3.82. The van der Waals surface area contributed by atoms with Gasteiger partial charge in [-0.15, -0.1) is 0 Å². The minimum Gasteiger partial charge on any atom is -0.497 e. The van der Waals surface area contributed by atoms with Crippen molar-refractivity contribution in [1.82, 2.24) is 5.32 Å². The van der Waals surface area contributed by atoms with E-state index in [1.54, 1.807) is 13.2 Å². The number of benzene rings is 2. The molecule has 0 aliphatic carbocycles. The zero-order valence-electron chi connectivity index (χ0n) is 13.3. The lowest BCUT2D eigenvalue weighted by Crippen LogP contribution is -2.22. The van der Waals surface area contributed by atoms with Crippen LogP contribution in [0.2, 0.25) is 0 Å². The normalized spacial score (nSPS) is 14.3. The van der Waals surface area contributed by atoms with E-state index < -0.39 is 11.7 Å². The second kappa shape index (κ2) is 7.04. The van der Waals surface area contributed by atoms with Gasteiger partial charge in [-0.1, -0.05) is 24.3 Å². The topological polar surface area (TPSA) is 21.3 Å². The highest BCUT2D eigenvalue weighted by Crippen LogP contribution is 2.31.